The van der Waals surface area contributed by atoms with Crippen LogP contribution < -0.4 is 4.90 Å². The highest BCUT2D eigenvalue weighted by Gasteiger charge is 2.46. The van der Waals surface area contributed by atoms with E-state index in [9.17, 15) is 18.8 Å². The van der Waals surface area contributed by atoms with Crippen molar-refractivity contribution < 1.29 is 23.5 Å². The van der Waals surface area contributed by atoms with Crippen molar-refractivity contribution >= 4 is 23.3 Å². The fourth-order valence-electron chi connectivity index (χ4n) is 5.86. The number of Topliss-reactive ketones (excluding diaryl/α,β-unsaturated/α-hetero) is 1. The summed E-state index contributed by atoms with van der Waals surface area (Å²) in [4.78, 5) is 42.1. The number of benzene rings is 1. The van der Waals surface area contributed by atoms with Crippen LogP contribution in [-0.2, 0) is 25.5 Å². The van der Waals surface area contributed by atoms with Crippen LogP contribution in [0.5, 0.6) is 0 Å². The molecular weight excluding hydrogens is 411 g/mol. The molecule has 0 aromatic heterocycles. The molecule has 0 atom stereocenters. The molecule has 2 heterocycles. The van der Waals surface area contributed by atoms with Crippen molar-refractivity contribution in [1.29, 1.82) is 0 Å². The zero-order chi connectivity index (χ0) is 22.7. The van der Waals surface area contributed by atoms with Gasteiger partial charge in [0, 0.05) is 25.6 Å². The van der Waals surface area contributed by atoms with Crippen LogP contribution in [0.15, 0.2) is 18.2 Å². The highest BCUT2D eigenvalue weighted by atomic mass is 19.1. The van der Waals surface area contributed by atoms with Crippen LogP contribution in [0, 0.1) is 5.82 Å². The van der Waals surface area contributed by atoms with Gasteiger partial charge in [-0.3, -0.25) is 19.3 Å². The maximum atomic E-state index is 14.1. The van der Waals surface area contributed by atoms with Crippen molar-refractivity contribution in [3.63, 3.8) is 0 Å². The van der Waals surface area contributed by atoms with Gasteiger partial charge >= 0.3 is 5.97 Å². The van der Waals surface area contributed by atoms with Gasteiger partial charge in [-0.25, -0.2) is 4.39 Å². The van der Waals surface area contributed by atoms with Gasteiger partial charge in [0.25, 0.3) is 0 Å². The van der Waals surface area contributed by atoms with Gasteiger partial charge in [-0.1, -0.05) is 38.2 Å². The zero-order valence-electron chi connectivity index (χ0n) is 18.9. The molecule has 1 saturated heterocycles. The molecule has 1 amide bonds. The predicted molar refractivity (Wildman–Crippen MR) is 119 cm³/mol. The number of carbonyl (C=O) groups is 3. The summed E-state index contributed by atoms with van der Waals surface area (Å²) < 4.78 is 19.3. The second kappa shape index (κ2) is 9.69. The molecule has 0 N–H and O–H groups in total. The van der Waals surface area contributed by atoms with E-state index >= 15 is 0 Å². The number of hydrogen-bond acceptors (Lipinski definition) is 5. The third-order valence-corrected chi connectivity index (χ3v) is 7.49. The minimum Gasteiger partial charge on any atom is -0.468 e. The van der Waals surface area contributed by atoms with E-state index in [2.05, 4.69) is 4.90 Å². The van der Waals surface area contributed by atoms with Gasteiger partial charge in [-0.2, -0.15) is 0 Å². The van der Waals surface area contributed by atoms with Gasteiger partial charge in [0.1, 0.15) is 17.1 Å². The number of halogens is 1. The molecule has 0 bridgehead atoms. The Kier molecular flexibility index (Phi) is 6.93. The number of ketones is 1. The molecule has 0 spiro atoms. The summed E-state index contributed by atoms with van der Waals surface area (Å²) in [5.41, 5.74) is 0.631. The van der Waals surface area contributed by atoms with E-state index in [0.717, 1.165) is 38.5 Å². The lowest BCUT2D eigenvalue weighted by Crippen LogP contribution is -2.60. The number of ether oxygens (including phenoxy) is 1. The monoisotopic (exact) mass is 444 g/mol. The lowest BCUT2D eigenvalue weighted by Gasteiger charge is -2.47. The van der Waals surface area contributed by atoms with Crippen LogP contribution in [0.1, 0.15) is 69.8 Å². The fourth-order valence-corrected chi connectivity index (χ4v) is 5.86. The van der Waals surface area contributed by atoms with Crippen LogP contribution in [0.25, 0.3) is 0 Å². The molecule has 1 aliphatic carbocycles. The van der Waals surface area contributed by atoms with Gasteiger partial charge in [0.2, 0.25) is 5.91 Å². The largest absolute Gasteiger partial charge is 0.468 e. The summed E-state index contributed by atoms with van der Waals surface area (Å²) in [5.74, 6) is -0.956. The van der Waals surface area contributed by atoms with Crippen molar-refractivity contribution in [1.82, 2.24) is 4.90 Å². The molecule has 1 saturated carbocycles. The number of hydrogen-bond donors (Lipinski definition) is 0. The van der Waals surface area contributed by atoms with Crippen molar-refractivity contribution in [3.8, 4) is 0 Å². The van der Waals surface area contributed by atoms with Crippen LogP contribution in [0.2, 0.25) is 0 Å². The minimum atomic E-state index is -0.594. The molecule has 4 rings (SSSR count). The summed E-state index contributed by atoms with van der Waals surface area (Å²) in [5, 5.41) is 0. The number of carbonyl (C=O) groups excluding carboxylic acids is 3. The van der Waals surface area contributed by atoms with E-state index in [1.807, 2.05) is 0 Å². The zero-order valence-corrected chi connectivity index (χ0v) is 18.9. The molecule has 174 valence electrons. The van der Waals surface area contributed by atoms with Gasteiger partial charge < -0.3 is 9.64 Å². The van der Waals surface area contributed by atoms with Crippen molar-refractivity contribution in [3.05, 3.63) is 29.6 Å². The number of anilines is 1. The standard InChI is InChI=1S/C25H33FN2O4/c1-32-24(31)25(11-5-3-2-4-6-12-25)27-13-9-20(10-14-27)28-22-16-19(26)8-7-18(22)15-21(29)17-23(28)30/h7-8,16,20H,2-6,9-15,17H2,1H3. The Hall–Kier alpha value is -2.28. The Morgan fingerprint density at radius 2 is 1.69 bits per heavy atom. The number of likely N-dealkylation sites (tertiary alicyclic amines) is 1. The molecular formula is C25H33FN2O4. The minimum absolute atomic E-state index is 0.117. The second-order valence-electron chi connectivity index (χ2n) is 9.44. The predicted octanol–water partition coefficient (Wildman–Crippen LogP) is 3.79. The maximum absolute atomic E-state index is 14.1. The smallest absolute Gasteiger partial charge is 0.326 e. The number of nitrogens with zero attached hydrogens (tertiary/aromatic N) is 2. The normalized spacial score (nSPS) is 23.1. The lowest BCUT2D eigenvalue weighted by atomic mass is 9.81. The average molecular weight is 445 g/mol. The first-order valence-electron chi connectivity index (χ1n) is 11.9. The fraction of sp³-hybridized carbons (Fsp3) is 0.640. The maximum Gasteiger partial charge on any atom is 0.326 e. The first-order chi connectivity index (χ1) is 15.4. The van der Waals surface area contributed by atoms with E-state index in [0.29, 0.717) is 37.2 Å². The molecule has 1 aromatic carbocycles. The second-order valence-corrected chi connectivity index (χ2v) is 9.44. The molecule has 3 aliphatic rings. The molecule has 32 heavy (non-hydrogen) atoms. The number of rotatable bonds is 3. The first-order valence-corrected chi connectivity index (χ1v) is 11.9. The first kappa shape index (κ1) is 22.9. The Balaban J connectivity index is 1.56. The highest BCUT2D eigenvalue weighted by molar-refractivity contribution is 6.09. The van der Waals surface area contributed by atoms with Crippen LogP contribution >= 0.6 is 0 Å². The summed E-state index contributed by atoms with van der Waals surface area (Å²) >= 11 is 0. The Morgan fingerprint density at radius 1 is 1.03 bits per heavy atom. The third-order valence-electron chi connectivity index (χ3n) is 7.49. The van der Waals surface area contributed by atoms with Gasteiger partial charge in [0.15, 0.2) is 0 Å². The molecule has 2 fully saturated rings. The quantitative estimate of drug-likeness (QED) is 0.524. The Morgan fingerprint density at radius 3 is 2.34 bits per heavy atom. The van der Waals surface area contributed by atoms with E-state index < -0.39 is 11.4 Å². The van der Waals surface area contributed by atoms with Gasteiger partial charge in [0.05, 0.1) is 19.2 Å². The number of methoxy groups -OCH3 is 1. The summed E-state index contributed by atoms with van der Waals surface area (Å²) in [6.45, 7) is 1.34. The van der Waals surface area contributed by atoms with Gasteiger partial charge in [-0.15, -0.1) is 0 Å². The molecule has 0 unspecified atom stereocenters. The molecule has 2 aliphatic heterocycles. The number of amides is 1. The summed E-state index contributed by atoms with van der Waals surface area (Å²) in [7, 11) is 1.47. The summed E-state index contributed by atoms with van der Waals surface area (Å²) in [6.07, 6.45) is 8.45. The van der Waals surface area contributed by atoms with E-state index in [4.69, 9.17) is 4.74 Å². The molecule has 1 aromatic rings. The molecule has 7 heteroatoms. The lowest BCUT2D eigenvalue weighted by molar-refractivity contribution is -0.158. The number of piperidine rings is 1. The Bertz CT molecular complexity index is 871. The van der Waals surface area contributed by atoms with E-state index in [1.165, 1.54) is 25.7 Å². The van der Waals surface area contributed by atoms with Crippen molar-refractivity contribution in [2.75, 3.05) is 25.1 Å². The van der Waals surface area contributed by atoms with Crippen LogP contribution in [0.3, 0.4) is 0 Å². The average Bonchev–Trinajstić information content (AvgIpc) is 2.88. The van der Waals surface area contributed by atoms with Crippen LogP contribution in [0.4, 0.5) is 10.1 Å². The van der Waals surface area contributed by atoms with Gasteiger partial charge in [-0.05, 0) is 43.4 Å². The number of fused-ring (bicyclic) bond motifs is 1. The van der Waals surface area contributed by atoms with Crippen molar-refractivity contribution in [2.45, 2.75) is 82.2 Å². The number of esters is 1. The van der Waals surface area contributed by atoms with Crippen LogP contribution in [-0.4, -0.2) is 54.3 Å². The highest BCUT2D eigenvalue weighted by Crippen LogP contribution is 2.37. The summed E-state index contributed by atoms with van der Waals surface area (Å²) in [6, 6.07) is 4.22. The third kappa shape index (κ3) is 4.45. The topological polar surface area (TPSA) is 66.9 Å². The van der Waals surface area contributed by atoms with E-state index in [-0.39, 0.29) is 36.5 Å². The molecule has 6 nitrogen and oxygen atoms in total. The van der Waals surface area contributed by atoms with Crippen molar-refractivity contribution in [2.24, 2.45) is 0 Å². The Labute approximate surface area is 189 Å². The molecule has 0 radical (unpaired) electrons. The SMILES string of the molecule is COC(=O)C1(N2CCC(N3C(=O)CC(=O)Cc4ccc(F)cc43)CC2)CCCCCCC1. The van der Waals surface area contributed by atoms with E-state index in [1.54, 1.807) is 11.0 Å².